The number of alkyl halides is 3. The van der Waals surface area contributed by atoms with Gasteiger partial charge in [-0.25, -0.2) is 4.98 Å². The van der Waals surface area contributed by atoms with Gasteiger partial charge in [-0.15, -0.1) is 0 Å². The molecule has 1 atom stereocenters. The second-order valence-corrected chi connectivity index (χ2v) is 6.61. The number of carbonyl (C=O) groups excluding carboxylic acids is 1. The predicted octanol–water partition coefficient (Wildman–Crippen LogP) is 5.34. The van der Waals surface area contributed by atoms with Gasteiger partial charge in [0.15, 0.2) is 0 Å². The molecule has 8 heteroatoms. The third-order valence-corrected chi connectivity index (χ3v) is 4.59. The van der Waals surface area contributed by atoms with Gasteiger partial charge in [0.05, 0.1) is 17.2 Å². The molecule has 3 rings (SSSR count). The number of benzene rings is 2. The van der Waals surface area contributed by atoms with Crippen LogP contribution in [0.4, 0.5) is 24.9 Å². The number of hydrogen-bond acceptors (Lipinski definition) is 4. The molecule has 0 aliphatic carbocycles. The first-order valence-corrected chi connectivity index (χ1v) is 9.44. The molecule has 0 saturated carbocycles. The summed E-state index contributed by atoms with van der Waals surface area (Å²) < 4.78 is 40.0. The molecule has 0 fully saturated rings. The average molecular weight is 414 g/mol. The van der Waals surface area contributed by atoms with Crippen molar-refractivity contribution >= 4 is 17.7 Å². The number of aromatic nitrogens is 2. The fraction of sp³-hybridized carbons (Fsp3) is 0.227. The molecular weight excluding hydrogens is 393 g/mol. The summed E-state index contributed by atoms with van der Waals surface area (Å²) in [5, 5.41) is 3.15. The summed E-state index contributed by atoms with van der Waals surface area (Å²) in [6.45, 7) is 3.76. The third kappa shape index (κ3) is 4.76. The Morgan fingerprint density at radius 3 is 2.40 bits per heavy atom. The van der Waals surface area contributed by atoms with E-state index < -0.39 is 23.2 Å². The van der Waals surface area contributed by atoms with Crippen LogP contribution in [0.3, 0.4) is 0 Å². The number of nitrogens with one attached hydrogen (secondary N) is 1. The maximum absolute atomic E-state index is 13.3. The normalized spacial score (nSPS) is 12.3. The molecule has 2 aromatic carbocycles. The Hall–Kier alpha value is -3.42. The Balaban J connectivity index is 1.88. The van der Waals surface area contributed by atoms with Crippen molar-refractivity contribution in [1.82, 2.24) is 9.97 Å². The van der Waals surface area contributed by atoms with Gasteiger partial charge >= 0.3 is 6.18 Å². The number of anilines is 2. The zero-order valence-corrected chi connectivity index (χ0v) is 16.5. The summed E-state index contributed by atoms with van der Waals surface area (Å²) in [5.41, 5.74) is -0.370. The van der Waals surface area contributed by atoms with E-state index in [1.165, 1.54) is 35.4 Å². The van der Waals surface area contributed by atoms with Gasteiger partial charge in [0, 0.05) is 12.7 Å². The van der Waals surface area contributed by atoms with Crippen LogP contribution < -0.4 is 10.2 Å². The highest BCUT2D eigenvalue weighted by molar-refractivity contribution is 6.06. The van der Waals surface area contributed by atoms with Crippen LogP contribution in [0.15, 0.2) is 66.9 Å². The molecule has 0 aliphatic rings. The molecule has 1 heterocycles. The van der Waals surface area contributed by atoms with Crippen molar-refractivity contribution in [1.29, 1.82) is 0 Å². The highest BCUT2D eigenvalue weighted by atomic mass is 19.4. The van der Waals surface area contributed by atoms with Crippen LogP contribution in [0.1, 0.15) is 41.4 Å². The third-order valence-electron chi connectivity index (χ3n) is 4.59. The van der Waals surface area contributed by atoms with Gasteiger partial charge in [-0.3, -0.25) is 9.69 Å². The second-order valence-electron chi connectivity index (χ2n) is 6.61. The lowest BCUT2D eigenvalue weighted by atomic mass is 10.1. The molecule has 3 aromatic rings. The van der Waals surface area contributed by atoms with E-state index in [0.29, 0.717) is 0 Å². The maximum Gasteiger partial charge on any atom is 0.417 e. The predicted molar refractivity (Wildman–Crippen MR) is 109 cm³/mol. The summed E-state index contributed by atoms with van der Waals surface area (Å²) in [7, 11) is 0. The second kappa shape index (κ2) is 8.94. The van der Waals surface area contributed by atoms with Crippen LogP contribution in [-0.2, 0) is 6.18 Å². The van der Waals surface area contributed by atoms with Crippen LogP contribution in [0.2, 0.25) is 0 Å². The first-order chi connectivity index (χ1) is 14.3. The van der Waals surface area contributed by atoms with Gasteiger partial charge in [-0.2, -0.15) is 18.2 Å². The average Bonchev–Trinajstić information content (AvgIpc) is 2.74. The molecule has 1 N–H and O–H groups in total. The van der Waals surface area contributed by atoms with E-state index >= 15 is 0 Å². The lowest BCUT2D eigenvalue weighted by Crippen LogP contribution is -2.33. The van der Waals surface area contributed by atoms with Gasteiger partial charge in [0.25, 0.3) is 5.91 Å². The minimum atomic E-state index is -4.63. The SMILES string of the molecule is CCN(C(=O)c1ccccc1C(F)(F)F)c1ccnc(N[C@@H](C)c2ccccc2)n1. The Labute approximate surface area is 172 Å². The molecule has 5 nitrogen and oxygen atoms in total. The Morgan fingerprint density at radius 1 is 1.07 bits per heavy atom. The quantitative estimate of drug-likeness (QED) is 0.592. The monoisotopic (exact) mass is 414 g/mol. The number of carbonyl (C=O) groups is 1. The molecule has 156 valence electrons. The molecular formula is C22H21F3N4O. The molecule has 30 heavy (non-hydrogen) atoms. The van der Waals surface area contributed by atoms with Crippen LogP contribution in [-0.4, -0.2) is 22.4 Å². The van der Waals surface area contributed by atoms with E-state index in [-0.39, 0.29) is 24.4 Å². The molecule has 1 amide bonds. The van der Waals surface area contributed by atoms with Crippen molar-refractivity contribution in [3.63, 3.8) is 0 Å². The maximum atomic E-state index is 13.3. The smallest absolute Gasteiger partial charge is 0.348 e. The molecule has 0 radical (unpaired) electrons. The van der Waals surface area contributed by atoms with Crippen molar-refractivity contribution in [2.75, 3.05) is 16.8 Å². The summed E-state index contributed by atoms with van der Waals surface area (Å²) in [4.78, 5) is 22.7. The molecule has 0 bridgehead atoms. The van der Waals surface area contributed by atoms with E-state index in [2.05, 4.69) is 15.3 Å². The van der Waals surface area contributed by atoms with Crippen molar-refractivity contribution < 1.29 is 18.0 Å². The van der Waals surface area contributed by atoms with E-state index in [9.17, 15) is 18.0 Å². The number of amides is 1. The highest BCUT2D eigenvalue weighted by Gasteiger charge is 2.36. The summed E-state index contributed by atoms with van der Waals surface area (Å²) in [6, 6.07) is 15.8. The zero-order chi connectivity index (χ0) is 21.7. The van der Waals surface area contributed by atoms with Crippen LogP contribution in [0.25, 0.3) is 0 Å². The van der Waals surface area contributed by atoms with Crippen LogP contribution in [0.5, 0.6) is 0 Å². The molecule has 1 aromatic heterocycles. The van der Waals surface area contributed by atoms with Gasteiger partial charge < -0.3 is 5.32 Å². The topological polar surface area (TPSA) is 58.1 Å². The number of hydrogen-bond donors (Lipinski definition) is 1. The first-order valence-electron chi connectivity index (χ1n) is 9.44. The van der Waals surface area contributed by atoms with Gasteiger partial charge in [-0.1, -0.05) is 42.5 Å². The van der Waals surface area contributed by atoms with Gasteiger partial charge in [0.2, 0.25) is 5.95 Å². The minimum absolute atomic E-state index is 0.0989. The summed E-state index contributed by atoms with van der Waals surface area (Å²) in [6.07, 6.45) is -3.16. The van der Waals surface area contributed by atoms with Crippen molar-refractivity contribution in [2.45, 2.75) is 26.1 Å². The molecule has 0 aliphatic heterocycles. The molecule has 0 saturated heterocycles. The first kappa shape index (κ1) is 21.3. The Morgan fingerprint density at radius 2 is 1.73 bits per heavy atom. The zero-order valence-electron chi connectivity index (χ0n) is 16.5. The van der Waals surface area contributed by atoms with Gasteiger partial charge in [-0.05, 0) is 37.6 Å². The van der Waals surface area contributed by atoms with E-state index in [4.69, 9.17) is 0 Å². The number of rotatable bonds is 6. The fourth-order valence-electron chi connectivity index (χ4n) is 3.06. The lowest BCUT2D eigenvalue weighted by molar-refractivity contribution is -0.137. The van der Waals surface area contributed by atoms with Crippen LogP contribution >= 0.6 is 0 Å². The fourth-order valence-corrected chi connectivity index (χ4v) is 3.06. The largest absolute Gasteiger partial charge is 0.417 e. The molecule has 0 unspecified atom stereocenters. The van der Waals surface area contributed by atoms with E-state index in [0.717, 1.165) is 11.6 Å². The summed E-state index contributed by atoms with van der Waals surface area (Å²) >= 11 is 0. The summed E-state index contributed by atoms with van der Waals surface area (Å²) in [5.74, 6) is -0.275. The van der Waals surface area contributed by atoms with E-state index in [1.54, 1.807) is 6.92 Å². The minimum Gasteiger partial charge on any atom is -0.348 e. The van der Waals surface area contributed by atoms with Gasteiger partial charge in [0.1, 0.15) is 5.82 Å². The Bertz CT molecular complexity index is 1010. The van der Waals surface area contributed by atoms with Crippen LogP contribution in [0, 0.1) is 0 Å². The number of nitrogens with zero attached hydrogens (tertiary/aromatic N) is 3. The molecule has 0 spiro atoms. The van der Waals surface area contributed by atoms with Crippen molar-refractivity contribution in [3.8, 4) is 0 Å². The number of halogens is 3. The lowest BCUT2D eigenvalue weighted by Gasteiger charge is -2.23. The van der Waals surface area contributed by atoms with Crippen molar-refractivity contribution in [2.24, 2.45) is 0 Å². The van der Waals surface area contributed by atoms with Crippen molar-refractivity contribution in [3.05, 3.63) is 83.6 Å². The standard InChI is InChI=1S/C22H21F3N4O/c1-3-29(20(30)17-11-7-8-12-18(17)22(23,24)25)19-13-14-26-21(28-19)27-15(2)16-9-5-4-6-10-16/h4-15H,3H2,1-2H3,(H,26,27,28)/t15-/m0/s1. The Kier molecular flexibility index (Phi) is 6.34. The van der Waals surface area contributed by atoms with E-state index in [1.807, 2.05) is 37.3 Å². The highest BCUT2D eigenvalue weighted by Crippen LogP contribution is 2.33.